The van der Waals surface area contributed by atoms with E-state index >= 15 is 0 Å². The molecule has 0 amide bonds. The van der Waals surface area contributed by atoms with Crippen LogP contribution in [0.4, 0.5) is 0 Å². The fourth-order valence-corrected chi connectivity index (χ4v) is 2.93. The standard InChI is InChI=1S/C15H25N3/c1-13(14-6-10-16-11-7-14)17-12-15(18(2)3)8-4-5-9-15/h6-7,10-11,13,17H,4-5,8-9,12H2,1-3H3. The molecular formula is C15H25N3. The van der Waals surface area contributed by atoms with Gasteiger partial charge < -0.3 is 10.2 Å². The zero-order valence-corrected chi connectivity index (χ0v) is 11.8. The second-order valence-corrected chi connectivity index (χ2v) is 5.71. The van der Waals surface area contributed by atoms with Gasteiger partial charge >= 0.3 is 0 Å². The summed E-state index contributed by atoms with van der Waals surface area (Å²) in [6.45, 7) is 3.30. The number of nitrogens with zero attached hydrogens (tertiary/aromatic N) is 2. The molecule has 1 atom stereocenters. The molecule has 0 radical (unpaired) electrons. The van der Waals surface area contributed by atoms with E-state index < -0.39 is 0 Å². The molecule has 1 aromatic heterocycles. The average Bonchev–Trinajstić information content (AvgIpc) is 2.87. The predicted molar refractivity (Wildman–Crippen MR) is 75.5 cm³/mol. The molecule has 18 heavy (non-hydrogen) atoms. The molecule has 0 bridgehead atoms. The van der Waals surface area contributed by atoms with Gasteiger partial charge in [-0.2, -0.15) is 0 Å². The lowest BCUT2D eigenvalue weighted by Crippen LogP contribution is -2.50. The number of aromatic nitrogens is 1. The smallest absolute Gasteiger partial charge is 0.0328 e. The van der Waals surface area contributed by atoms with Crippen molar-refractivity contribution in [3.8, 4) is 0 Å². The summed E-state index contributed by atoms with van der Waals surface area (Å²) in [7, 11) is 4.42. The minimum Gasteiger partial charge on any atom is -0.308 e. The van der Waals surface area contributed by atoms with Crippen molar-refractivity contribution in [2.24, 2.45) is 0 Å². The van der Waals surface area contributed by atoms with Crippen molar-refractivity contribution in [2.75, 3.05) is 20.6 Å². The Morgan fingerprint density at radius 1 is 1.28 bits per heavy atom. The third kappa shape index (κ3) is 2.90. The molecule has 3 heteroatoms. The van der Waals surface area contributed by atoms with Gasteiger partial charge in [0.2, 0.25) is 0 Å². The van der Waals surface area contributed by atoms with Crippen LogP contribution in [0.15, 0.2) is 24.5 Å². The second kappa shape index (κ2) is 5.81. The van der Waals surface area contributed by atoms with Crippen LogP contribution in [-0.4, -0.2) is 36.1 Å². The first-order valence-electron chi connectivity index (χ1n) is 6.95. The Labute approximate surface area is 111 Å². The number of nitrogens with one attached hydrogen (secondary N) is 1. The van der Waals surface area contributed by atoms with Crippen molar-refractivity contribution >= 4 is 0 Å². The first-order valence-corrected chi connectivity index (χ1v) is 6.95. The second-order valence-electron chi connectivity index (χ2n) is 5.71. The van der Waals surface area contributed by atoms with E-state index in [-0.39, 0.29) is 0 Å². The Morgan fingerprint density at radius 3 is 2.44 bits per heavy atom. The number of pyridine rings is 1. The third-order valence-corrected chi connectivity index (χ3v) is 4.43. The van der Waals surface area contributed by atoms with E-state index in [1.807, 2.05) is 12.4 Å². The molecule has 1 unspecified atom stereocenters. The van der Waals surface area contributed by atoms with E-state index in [4.69, 9.17) is 0 Å². The Kier molecular flexibility index (Phi) is 4.36. The van der Waals surface area contributed by atoms with E-state index in [1.54, 1.807) is 0 Å². The Morgan fingerprint density at radius 2 is 1.89 bits per heavy atom. The molecule has 1 heterocycles. The van der Waals surface area contributed by atoms with Crippen molar-refractivity contribution in [1.82, 2.24) is 15.2 Å². The molecule has 1 aliphatic rings. The molecule has 1 N–H and O–H groups in total. The lowest BCUT2D eigenvalue weighted by atomic mass is 9.95. The van der Waals surface area contributed by atoms with E-state index in [0.29, 0.717) is 11.6 Å². The van der Waals surface area contributed by atoms with Gasteiger partial charge in [-0.1, -0.05) is 12.8 Å². The highest BCUT2D eigenvalue weighted by atomic mass is 15.2. The first-order chi connectivity index (χ1) is 8.64. The summed E-state index contributed by atoms with van der Waals surface area (Å²) < 4.78 is 0. The summed E-state index contributed by atoms with van der Waals surface area (Å²) in [5, 5.41) is 3.69. The van der Waals surface area contributed by atoms with Gasteiger partial charge in [0, 0.05) is 30.5 Å². The predicted octanol–water partition coefficient (Wildman–Crippen LogP) is 2.61. The molecular weight excluding hydrogens is 222 g/mol. The van der Waals surface area contributed by atoms with Crippen LogP contribution in [0, 0.1) is 0 Å². The van der Waals surface area contributed by atoms with Crippen molar-refractivity contribution in [3.63, 3.8) is 0 Å². The molecule has 1 aromatic rings. The van der Waals surface area contributed by atoms with Crippen molar-refractivity contribution in [2.45, 2.75) is 44.2 Å². The monoisotopic (exact) mass is 247 g/mol. The molecule has 0 saturated heterocycles. The average molecular weight is 247 g/mol. The molecule has 0 aromatic carbocycles. The molecule has 2 rings (SSSR count). The van der Waals surface area contributed by atoms with Crippen molar-refractivity contribution in [3.05, 3.63) is 30.1 Å². The molecule has 1 fully saturated rings. The summed E-state index contributed by atoms with van der Waals surface area (Å²) in [4.78, 5) is 6.48. The molecule has 0 spiro atoms. The van der Waals surface area contributed by atoms with Gasteiger partial charge in [0.15, 0.2) is 0 Å². The summed E-state index contributed by atoms with van der Waals surface area (Å²) in [5.74, 6) is 0. The quantitative estimate of drug-likeness (QED) is 0.867. The normalized spacial score (nSPS) is 20.2. The minimum absolute atomic E-state index is 0.362. The highest BCUT2D eigenvalue weighted by molar-refractivity contribution is 5.14. The Bertz CT molecular complexity index is 355. The Hall–Kier alpha value is -0.930. The fraction of sp³-hybridized carbons (Fsp3) is 0.667. The number of hydrogen-bond donors (Lipinski definition) is 1. The number of hydrogen-bond acceptors (Lipinski definition) is 3. The van der Waals surface area contributed by atoms with Crippen LogP contribution in [0.3, 0.4) is 0 Å². The first kappa shape index (κ1) is 13.5. The van der Waals surface area contributed by atoms with Crippen LogP contribution < -0.4 is 5.32 Å². The van der Waals surface area contributed by atoms with Crippen LogP contribution in [0.1, 0.15) is 44.2 Å². The van der Waals surface area contributed by atoms with E-state index in [9.17, 15) is 0 Å². The van der Waals surface area contributed by atoms with Gasteiger partial charge in [0.25, 0.3) is 0 Å². The van der Waals surface area contributed by atoms with Crippen LogP contribution in [0.5, 0.6) is 0 Å². The summed E-state index contributed by atoms with van der Waals surface area (Å²) >= 11 is 0. The van der Waals surface area contributed by atoms with Gasteiger partial charge in [-0.15, -0.1) is 0 Å². The maximum absolute atomic E-state index is 4.07. The molecule has 1 saturated carbocycles. The number of likely N-dealkylation sites (N-methyl/N-ethyl adjacent to an activating group) is 1. The van der Waals surface area contributed by atoms with Gasteiger partial charge in [0.05, 0.1) is 0 Å². The van der Waals surface area contributed by atoms with Gasteiger partial charge in [-0.05, 0) is 51.6 Å². The van der Waals surface area contributed by atoms with E-state index in [0.717, 1.165) is 6.54 Å². The zero-order chi connectivity index (χ0) is 13.0. The van der Waals surface area contributed by atoms with Crippen molar-refractivity contribution in [1.29, 1.82) is 0 Å². The van der Waals surface area contributed by atoms with Gasteiger partial charge in [0.1, 0.15) is 0 Å². The summed E-state index contributed by atoms with van der Waals surface area (Å²) in [6, 6.07) is 4.58. The molecule has 100 valence electrons. The molecule has 0 aliphatic heterocycles. The maximum atomic E-state index is 4.07. The lowest BCUT2D eigenvalue weighted by molar-refractivity contribution is 0.150. The molecule has 3 nitrogen and oxygen atoms in total. The lowest BCUT2D eigenvalue weighted by Gasteiger charge is -2.37. The van der Waals surface area contributed by atoms with E-state index in [2.05, 4.69) is 48.4 Å². The highest BCUT2D eigenvalue weighted by Crippen LogP contribution is 2.33. The summed E-state index contributed by atoms with van der Waals surface area (Å²) in [5.41, 5.74) is 1.68. The van der Waals surface area contributed by atoms with E-state index in [1.165, 1.54) is 31.2 Å². The van der Waals surface area contributed by atoms with Gasteiger partial charge in [-0.3, -0.25) is 4.98 Å². The minimum atomic E-state index is 0.362. The summed E-state index contributed by atoms with van der Waals surface area (Å²) in [6.07, 6.45) is 9.09. The fourth-order valence-electron chi connectivity index (χ4n) is 2.93. The topological polar surface area (TPSA) is 28.2 Å². The molecule has 1 aliphatic carbocycles. The highest BCUT2D eigenvalue weighted by Gasteiger charge is 2.35. The largest absolute Gasteiger partial charge is 0.308 e. The Balaban J connectivity index is 1.94. The maximum Gasteiger partial charge on any atom is 0.0328 e. The number of rotatable bonds is 5. The van der Waals surface area contributed by atoms with Crippen LogP contribution in [0.25, 0.3) is 0 Å². The van der Waals surface area contributed by atoms with Crippen LogP contribution in [-0.2, 0) is 0 Å². The van der Waals surface area contributed by atoms with Crippen LogP contribution in [0.2, 0.25) is 0 Å². The third-order valence-electron chi connectivity index (χ3n) is 4.43. The van der Waals surface area contributed by atoms with Crippen LogP contribution >= 0.6 is 0 Å². The van der Waals surface area contributed by atoms with Crippen molar-refractivity contribution < 1.29 is 0 Å². The SMILES string of the molecule is CC(NCC1(N(C)C)CCCC1)c1ccncc1. The zero-order valence-electron chi connectivity index (χ0n) is 11.8. The van der Waals surface area contributed by atoms with Gasteiger partial charge in [-0.25, -0.2) is 0 Å².